The Labute approximate surface area is 191 Å². The van der Waals surface area contributed by atoms with Gasteiger partial charge < -0.3 is 19.7 Å². The fourth-order valence-corrected chi connectivity index (χ4v) is 3.63. The van der Waals surface area contributed by atoms with E-state index in [1.54, 1.807) is 23.1 Å². The molecule has 6 nitrogen and oxygen atoms in total. The van der Waals surface area contributed by atoms with Crippen molar-refractivity contribution in [2.45, 2.75) is 26.0 Å². The Balaban J connectivity index is 1.48. The van der Waals surface area contributed by atoms with Crippen LogP contribution in [0.15, 0.2) is 72.8 Å². The number of carbonyl (C=O) groups is 2. The third-order valence-electron chi connectivity index (χ3n) is 5.39. The van der Waals surface area contributed by atoms with Gasteiger partial charge in [0.15, 0.2) is 6.10 Å². The predicted molar refractivity (Wildman–Crippen MR) is 123 cm³/mol. The van der Waals surface area contributed by atoms with Crippen LogP contribution in [0.3, 0.4) is 0 Å². The summed E-state index contributed by atoms with van der Waals surface area (Å²) in [7, 11) is 0. The standard InChI is InChI=1S/C26H25FN2O4/c1-2-23-26(31)29(14-15-32-22-6-4-3-5-7-22)17-19-16-21(12-13-24(19)33-23)28-25(30)18-8-10-20(27)11-9-18/h3-13,16,23H,2,14-15,17H2,1H3,(H,28,30)/t23-/m0/s1. The molecule has 0 fully saturated rings. The first kappa shape index (κ1) is 22.3. The van der Waals surface area contributed by atoms with E-state index < -0.39 is 11.9 Å². The number of nitrogens with zero attached hydrogens (tertiary/aromatic N) is 1. The Bertz CT molecular complexity index is 1120. The number of benzene rings is 3. The zero-order valence-electron chi connectivity index (χ0n) is 18.3. The summed E-state index contributed by atoms with van der Waals surface area (Å²) in [5.74, 6) is 0.512. The second kappa shape index (κ2) is 10.2. The van der Waals surface area contributed by atoms with E-state index in [1.807, 2.05) is 37.3 Å². The number of carbonyl (C=O) groups excluding carboxylic acids is 2. The molecule has 0 spiro atoms. The molecule has 33 heavy (non-hydrogen) atoms. The largest absolute Gasteiger partial charge is 0.492 e. The summed E-state index contributed by atoms with van der Waals surface area (Å²) in [4.78, 5) is 27.2. The number of rotatable bonds is 7. The summed E-state index contributed by atoms with van der Waals surface area (Å²) in [6.45, 7) is 2.99. The molecule has 0 aromatic heterocycles. The quantitative estimate of drug-likeness (QED) is 0.571. The molecule has 4 rings (SSSR count). The van der Waals surface area contributed by atoms with Crippen molar-refractivity contribution in [3.63, 3.8) is 0 Å². The van der Waals surface area contributed by atoms with Gasteiger partial charge in [0.2, 0.25) is 0 Å². The zero-order valence-corrected chi connectivity index (χ0v) is 18.3. The van der Waals surface area contributed by atoms with E-state index in [1.165, 1.54) is 24.3 Å². The highest BCUT2D eigenvalue weighted by atomic mass is 19.1. The van der Waals surface area contributed by atoms with Crippen LogP contribution < -0.4 is 14.8 Å². The van der Waals surface area contributed by atoms with E-state index >= 15 is 0 Å². The van der Waals surface area contributed by atoms with Gasteiger partial charge in [0, 0.05) is 23.4 Å². The van der Waals surface area contributed by atoms with E-state index in [0.29, 0.717) is 43.1 Å². The molecule has 0 aliphatic carbocycles. The SMILES string of the molecule is CC[C@@H]1Oc2ccc(NC(=O)c3ccc(F)cc3)cc2CN(CCOc2ccccc2)C1=O. The van der Waals surface area contributed by atoms with Crippen molar-refractivity contribution in [1.82, 2.24) is 4.90 Å². The van der Waals surface area contributed by atoms with Crippen molar-refractivity contribution in [1.29, 1.82) is 0 Å². The molecular weight excluding hydrogens is 423 g/mol. The first-order chi connectivity index (χ1) is 16.0. The van der Waals surface area contributed by atoms with Crippen molar-refractivity contribution < 1.29 is 23.5 Å². The van der Waals surface area contributed by atoms with E-state index in [4.69, 9.17) is 9.47 Å². The minimum Gasteiger partial charge on any atom is -0.492 e. The summed E-state index contributed by atoms with van der Waals surface area (Å²) in [6, 6.07) is 20.1. The molecule has 1 N–H and O–H groups in total. The Morgan fingerprint density at radius 1 is 1.12 bits per heavy atom. The fraction of sp³-hybridized carbons (Fsp3) is 0.231. The minimum absolute atomic E-state index is 0.0951. The average molecular weight is 448 g/mol. The normalized spacial score (nSPS) is 15.3. The second-order valence-electron chi connectivity index (χ2n) is 7.72. The van der Waals surface area contributed by atoms with Crippen LogP contribution in [0.2, 0.25) is 0 Å². The lowest BCUT2D eigenvalue weighted by molar-refractivity contribution is -0.138. The lowest BCUT2D eigenvalue weighted by atomic mass is 10.1. The molecular formula is C26H25FN2O4. The molecule has 0 bridgehead atoms. The van der Waals surface area contributed by atoms with E-state index in [0.717, 1.165) is 11.3 Å². The maximum absolute atomic E-state index is 13.1. The number of amides is 2. The van der Waals surface area contributed by atoms with Crippen molar-refractivity contribution in [2.75, 3.05) is 18.5 Å². The summed E-state index contributed by atoms with van der Waals surface area (Å²) in [5, 5.41) is 2.82. The van der Waals surface area contributed by atoms with Gasteiger partial charge in [0.1, 0.15) is 23.9 Å². The van der Waals surface area contributed by atoms with Gasteiger partial charge in [-0.3, -0.25) is 9.59 Å². The van der Waals surface area contributed by atoms with E-state index in [-0.39, 0.29) is 11.8 Å². The van der Waals surface area contributed by atoms with Gasteiger partial charge in [0.05, 0.1) is 6.54 Å². The fourth-order valence-electron chi connectivity index (χ4n) is 3.63. The number of para-hydroxylation sites is 1. The summed E-state index contributed by atoms with van der Waals surface area (Å²) < 4.78 is 24.9. The highest BCUT2D eigenvalue weighted by molar-refractivity contribution is 6.04. The molecule has 0 unspecified atom stereocenters. The molecule has 0 saturated carbocycles. The smallest absolute Gasteiger partial charge is 0.264 e. The average Bonchev–Trinajstić information content (AvgIpc) is 2.96. The molecule has 1 heterocycles. The van der Waals surface area contributed by atoms with E-state index in [2.05, 4.69) is 5.32 Å². The Morgan fingerprint density at radius 3 is 2.61 bits per heavy atom. The third-order valence-corrected chi connectivity index (χ3v) is 5.39. The highest BCUT2D eigenvalue weighted by Gasteiger charge is 2.30. The maximum atomic E-state index is 13.1. The first-order valence-electron chi connectivity index (χ1n) is 10.9. The van der Waals surface area contributed by atoms with Crippen molar-refractivity contribution in [3.05, 3.63) is 89.7 Å². The third kappa shape index (κ3) is 5.49. The second-order valence-corrected chi connectivity index (χ2v) is 7.72. The number of fused-ring (bicyclic) bond motifs is 1. The number of hydrogen-bond donors (Lipinski definition) is 1. The lowest BCUT2D eigenvalue weighted by Crippen LogP contribution is -2.41. The molecule has 1 aliphatic rings. The molecule has 7 heteroatoms. The maximum Gasteiger partial charge on any atom is 0.264 e. The zero-order chi connectivity index (χ0) is 23.2. The molecule has 170 valence electrons. The summed E-state index contributed by atoms with van der Waals surface area (Å²) in [6.07, 6.45) is -0.0418. The van der Waals surface area contributed by atoms with Crippen molar-refractivity contribution in [3.8, 4) is 11.5 Å². The van der Waals surface area contributed by atoms with Crippen LogP contribution in [0.4, 0.5) is 10.1 Å². The molecule has 1 aliphatic heterocycles. The van der Waals surface area contributed by atoms with Crippen LogP contribution in [0.1, 0.15) is 29.3 Å². The van der Waals surface area contributed by atoms with E-state index in [9.17, 15) is 14.0 Å². The summed E-state index contributed by atoms with van der Waals surface area (Å²) in [5.41, 5.74) is 1.70. The first-order valence-corrected chi connectivity index (χ1v) is 10.9. The number of anilines is 1. The Hall–Kier alpha value is -3.87. The lowest BCUT2D eigenvalue weighted by Gasteiger charge is -2.23. The number of nitrogens with one attached hydrogen (secondary N) is 1. The molecule has 1 atom stereocenters. The van der Waals surface area contributed by atoms with Gasteiger partial charge in [-0.2, -0.15) is 0 Å². The van der Waals surface area contributed by atoms with Gasteiger partial charge in [-0.1, -0.05) is 25.1 Å². The van der Waals surface area contributed by atoms with Gasteiger partial charge in [0.25, 0.3) is 11.8 Å². The number of hydrogen-bond acceptors (Lipinski definition) is 4. The van der Waals surface area contributed by atoms with Crippen molar-refractivity contribution in [2.24, 2.45) is 0 Å². The highest BCUT2D eigenvalue weighted by Crippen LogP contribution is 2.29. The molecule has 0 saturated heterocycles. The monoisotopic (exact) mass is 448 g/mol. The predicted octanol–water partition coefficient (Wildman–Crippen LogP) is 4.66. The minimum atomic E-state index is -0.581. The van der Waals surface area contributed by atoms with Gasteiger partial charge in [-0.15, -0.1) is 0 Å². The van der Waals surface area contributed by atoms with Crippen LogP contribution in [-0.2, 0) is 11.3 Å². The Morgan fingerprint density at radius 2 is 1.88 bits per heavy atom. The van der Waals surface area contributed by atoms with Gasteiger partial charge in [-0.05, 0) is 61.0 Å². The van der Waals surface area contributed by atoms with Crippen molar-refractivity contribution >= 4 is 17.5 Å². The van der Waals surface area contributed by atoms with Crippen LogP contribution in [0, 0.1) is 5.82 Å². The topological polar surface area (TPSA) is 67.9 Å². The molecule has 0 radical (unpaired) electrons. The number of ether oxygens (including phenoxy) is 2. The van der Waals surface area contributed by atoms with Crippen LogP contribution in [-0.4, -0.2) is 36.0 Å². The van der Waals surface area contributed by atoms with Crippen LogP contribution >= 0.6 is 0 Å². The molecule has 3 aromatic rings. The van der Waals surface area contributed by atoms with Gasteiger partial charge >= 0.3 is 0 Å². The van der Waals surface area contributed by atoms with Crippen LogP contribution in [0.5, 0.6) is 11.5 Å². The number of halogens is 1. The molecule has 2 amide bonds. The van der Waals surface area contributed by atoms with Crippen LogP contribution in [0.25, 0.3) is 0 Å². The molecule has 3 aromatic carbocycles. The van der Waals surface area contributed by atoms with Gasteiger partial charge in [-0.25, -0.2) is 4.39 Å². The Kier molecular flexibility index (Phi) is 6.88. The summed E-state index contributed by atoms with van der Waals surface area (Å²) >= 11 is 0.